The van der Waals surface area contributed by atoms with Crippen LogP contribution in [0.25, 0.3) is 0 Å². The van der Waals surface area contributed by atoms with Crippen molar-refractivity contribution in [3.05, 3.63) is 58.1 Å². The molecule has 2 rings (SSSR count). The molecule has 0 aromatic heterocycles. The molecule has 0 fully saturated rings. The highest BCUT2D eigenvalue weighted by molar-refractivity contribution is 6.39. The Bertz CT molecular complexity index is 612. The van der Waals surface area contributed by atoms with E-state index in [-0.39, 0.29) is 6.42 Å². The zero-order valence-electron chi connectivity index (χ0n) is 12.3. The van der Waals surface area contributed by atoms with E-state index in [1.165, 1.54) is 0 Å². The summed E-state index contributed by atoms with van der Waals surface area (Å²) in [6.07, 6.45) is -0.0642. The number of benzene rings is 2. The molecule has 0 saturated heterocycles. The van der Waals surface area contributed by atoms with Crippen molar-refractivity contribution in [2.75, 3.05) is 19.5 Å². The van der Waals surface area contributed by atoms with Crippen molar-refractivity contribution in [3.63, 3.8) is 0 Å². The fraction of sp³-hybridized carbons (Fsp3) is 0.188. The first kappa shape index (κ1) is 18.3. The Labute approximate surface area is 139 Å². The summed E-state index contributed by atoms with van der Waals surface area (Å²) in [5.74, 6) is -0.889. The Hall–Kier alpha value is -1.75. The molecule has 6 heteroatoms. The summed E-state index contributed by atoms with van der Waals surface area (Å²) >= 11 is 12.1. The number of anilines is 2. The Morgan fingerprint density at radius 1 is 1.09 bits per heavy atom. The van der Waals surface area contributed by atoms with Gasteiger partial charge < -0.3 is 15.2 Å². The standard InChI is InChI=1S/C14H11Cl2NO2.C2H6O/c15-10-5-3-6-11(16)14(10)17-12-7-2-1-4-9(12)8-13(18)19;1-3-2/h1-7,17H,8H2,(H,18,19);1-2H3. The van der Waals surface area contributed by atoms with Crippen molar-refractivity contribution in [1.29, 1.82) is 0 Å². The molecule has 0 aliphatic rings. The van der Waals surface area contributed by atoms with Gasteiger partial charge in [0, 0.05) is 19.9 Å². The minimum atomic E-state index is -0.889. The molecule has 0 atom stereocenters. The van der Waals surface area contributed by atoms with E-state index in [4.69, 9.17) is 28.3 Å². The number of halogens is 2. The highest BCUT2D eigenvalue weighted by Gasteiger charge is 2.10. The van der Waals surface area contributed by atoms with Gasteiger partial charge in [-0.2, -0.15) is 0 Å². The molecular weight excluding hydrogens is 325 g/mol. The predicted molar refractivity (Wildman–Crippen MR) is 90.5 cm³/mol. The first-order valence-corrected chi connectivity index (χ1v) is 7.16. The van der Waals surface area contributed by atoms with Crippen molar-refractivity contribution in [3.8, 4) is 0 Å². The highest BCUT2D eigenvalue weighted by atomic mass is 35.5. The number of carbonyl (C=O) groups is 1. The zero-order valence-corrected chi connectivity index (χ0v) is 13.8. The average molecular weight is 342 g/mol. The fourth-order valence-electron chi connectivity index (χ4n) is 1.71. The summed E-state index contributed by atoms with van der Waals surface area (Å²) in [5.41, 5.74) is 1.93. The van der Waals surface area contributed by atoms with Gasteiger partial charge in [0.2, 0.25) is 0 Å². The third kappa shape index (κ3) is 5.56. The van der Waals surface area contributed by atoms with Gasteiger partial charge in [0.15, 0.2) is 0 Å². The molecular formula is C16H17Cl2NO3. The monoisotopic (exact) mass is 341 g/mol. The van der Waals surface area contributed by atoms with E-state index >= 15 is 0 Å². The van der Waals surface area contributed by atoms with Crippen molar-refractivity contribution < 1.29 is 14.6 Å². The summed E-state index contributed by atoms with van der Waals surface area (Å²) in [4.78, 5) is 10.8. The molecule has 0 heterocycles. The number of aliphatic carboxylic acids is 1. The Morgan fingerprint density at radius 2 is 1.64 bits per heavy atom. The van der Waals surface area contributed by atoms with E-state index in [1.54, 1.807) is 50.6 Å². The molecule has 0 spiro atoms. The smallest absolute Gasteiger partial charge is 0.307 e. The van der Waals surface area contributed by atoms with Gasteiger partial charge in [-0.3, -0.25) is 4.79 Å². The van der Waals surface area contributed by atoms with E-state index in [1.807, 2.05) is 6.07 Å². The van der Waals surface area contributed by atoms with E-state index < -0.39 is 5.97 Å². The largest absolute Gasteiger partial charge is 0.481 e. The highest BCUT2D eigenvalue weighted by Crippen LogP contribution is 2.33. The number of ether oxygens (including phenoxy) is 1. The van der Waals surface area contributed by atoms with Crippen LogP contribution in [0.4, 0.5) is 11.4 Å². The Kier molecular flexibility index (Phi) is 7.74. The summed E-state index contributed by atoms with van der Waals surface area (Å²) in [5, 5.41) is 12.9. The van der Waals surface area contributed by atoms with Crippen molar-refractivity contribution in [1.82, 2.24) is 0 Å². The summed E-state index contributed by atoms with van der Waals surface area (Å²) in [7, 11) is 3.25. The molecule has 0 amide bonds. The minimum Gasteiger partial charge on any atom is -0.481 e. The number of carboxylic acids is 1. The Balaban J connectivity index is 0.000000745. The van der Waals surface area contributed by atoms with Gasteiger partial charge in [-0.15, -0.1) is 0 Å². The molecule has 0 aliphatic carbocycles. The number of hydrogen-bond acceptors (Lipinski definition) is 3. The van der Waals surface area contributed by atoms with Crippen LogP contribution in [0.15, 0.2) is 42.5 Å². The van der Waals surface area contributed by atoms with Crippen LogP contribution in [0.3, 0.4) is 0 Å². The summed E-state index contributed by atoms with van der Waals surface area (Å²) in [6.45, 7) is 0. The minimum absolute atomic E-state index is 0.0642. The van der Waals surface area contributed by atoms with Gasteiger partial charge in [0.25, 0.3) is 0 Å². The molecule has 118 valence electrons. The molecule has 22 heavy (non-hydrogen) atoms. The average Bonchev–Trinajstić information content (AvgIpc) is 2.45. The van der Waals surface area contributed by atoms with Gasteiger partial charge >= 0.3 is 5.97 Å². The second-order valence-electron chi connectivity index (χ2n) is 4.36. The van der Waals surface area contributed by atoms with E-state index in [0.29, 0.717) is 27.0 Å². The summed E-state index contributed by atoms with van der Waals surface area (Å²) < 4.78 is 4.25. The SMILES string of the molecule is COC.O=C(O)Cc1ccccc1Nc1c(Cl)cccc1Cl. The van der Waals surface area contributed by atoms with E-state index in [9.17, 15) is 4.79 Å². The molecule has 0 radical (unpaired) electrons. The third-order valence-corrected chi connectivity index (χ3v) is 3.21. The van der Waals surface area contributed by atoms with Crippen LogP contribution >= 0.6 is 23.2 Å². The second kappa shape index (κ2) is 9.30. The first-order chi connectivity index (χ1) is 10.5. The van der Waals surface area contributed by atoms with Gasteiger partial charge in [0.05, 0.1) is 22.2 Å². The maximum absolute atomic E-state index is 10.8. The number of hydrogen-bond donors (Lipinski definition) is 2. The Morgan fingerprint density at radius 3 is 2.18 bits per heavy atom. The van der Waals surface area contributed by atoms with Gasteiger partial charge in [-0.1, -0.05) is 47.5 Å². The maximum Gasteiger partial charge on any atom is 0.307 e. The molecule has 0 saturated carbocycles. The zero-order chi connectivity index (χ0) is 16.5. The number of nitrogens with one attached hydrogen (secondary N) is 1. The van der Waals surface area contributed by atoms with E-state index in [0.717, 1.165) is 0 Å². The number of para-hydroxylation sites is 2. The van der Waals surface area contributed by atoms with E-state index in [2.05, 4.69) is 10.1 Å². The normalized spacial score (nSPS) is 9.64. The lowest BCUT2D eigenvalue weighted by Crippen LogP contribution is -2.04. The first-order valence-electron chi connectivity index (χ1n) is 6.40. The maximum atomic E-state index is 10.8. The molecule has 4 nitrogen and oxygen atoms in total. The van der Waals surface area contributed by atoms with Crippen molar-refractivity contribution in [2.45, 2.75) is 6.42 Å². The molecule has 2 aromatic carbocycles. The predicted octanol–water partition coefficient (Wildman–Crippen LogP) is 4.63. The van der Waals surface area contributed by atoms with Crippen LogP contribution in [0, 0.1) is 0 Å². The van der Waals surface area contributed by atoms with Crippen molar-refractivity contribution in [2.24, 2.45) is 0 Å². The van der Waals surface area contributed by atoms with Crippen LogP contribution in [0.1, 0.15) is 5.56 Å². The molecule has 2 aromatic rings. The third-order valence-electron chi connectivity index (χ3n) is 2.58. The fourth-order valence-corrected chi connectivity index (χ4v) is 2.20. The van der Waals surface area contributed by atoms with Crippen LogP contribution in [0.5, 0.6) is 0 Å². The van der Waals surface area contributed by atoms with Gasteiger partial charge in [-0.25, -0.2) is 0 Å². The van der Waals surface area contributed by atoms with Crippen LogP contribution in [-0.4, -0.2) is 25.3 Å². The molecule has 0 aliphatic heterocycles. The quantitative estimate of drug-likeness (QED) is 0.851. The molecule has 0 unspecified atom stereocenters. The van der Waals surface area contributed by atoms with Gasteiger partial charge in [0.1, 0.15) is 0 Å². The molecule has 2 N–H and O–H groups in total. The number of carboxylic acid groups (broad SMARTS) is 1. The van der Waals surface area contributed by atoms with Gasteiger partial charge in [-0.05, 0) is 23.8 Å². The second-order valence-corrected chi connectivity index (χ2v) is 5.17. The lowest BCUT2D eigenvalue weighted by atomic mass is 10.1. The lowest BCUT2D eigenvalue weighted by Gasteiger charge is -2.13. The van der Waals surface area contributed by atoms with Crippen LogP contribution in [-0.2, 0) is 16.0 Å². The topological polar surface area (TPSA) is 58.6 Å². The van der Waals surface area contributed by atoms with Crippen LogP contribution in [0.2, 0.25) is 10.0 Å². The number of rotatable bonds is 4. The van der Waals surface area contributed by atoms with Crippen molar-refractivity contribution >= 4 is 40.5 Å². The summed E-state index contributed by atoms with van der Waals surface area (Å²) in [6, 6.07) is 12.3. The lowest BCUT2D eigenvalue weighted by molar-refractivity contribution is -0.136. The van der Waals surface area contributed by atoms with Crippen LogP contribution < -0.4 is 5.32 Å². The number of methoxy groups -OCH3 is 1. The molecule has 0 bridgehead atoms.